The van der Waals surface area contributed by atoms with Crippen molar-refractivity contribution in [1.82, 2.24) is 14.8 Å². The first-order valence-electron chi connectivity index (χ1n) is 8.74. The Kier molecular flexibility index (Phi) is 5.73. The lowest BCUT2D eigenvalue weighted by atomic mass is 10.0. The summed E-state index contributed by atoms with van der Waals surface area (Å²) in [6.07, 6.45) is 4.36. The van der Waals surface area contributed by atoms with Crippen molar-refractivity contribution < 1.29 is 9.63 Å². The van der Waals surface area contributed by atoms with Gasteiger partial charge in [0.15, 0.2) is 0 Å². The SMILES string of the molecule is CCC(C)CC(=O)O/N=C(\Cn1cncn1)c1ccc2ccccc2c1. The summed E-state index contributed by atoms with van der Waals surface area (Å²) >= 11 is 0. The lowest BCUT2D eigenvalue weighted by molar-refractivity contribution is -0.144. The van der Waals surface area contributed by atoms with E-state index in [1.807, 2.05) is 50.2 Å². The molecule has 0 saturated carbocycles. The Morgan fingerprint density at radius 2 is 2.04 bits per heavy atom. The summed E-state index contributed by atoms with van der Waals surface area (Å²) in [4.78, 5) is 21.1. The van der Waals surface area contributed by atoms with E-state index in [9.17, 15) is 4.79 Å². The molecule has 0 spiro atoms. The summed E-state index contributed by atoms with van der Waals surface area (Å²) in [7, 11) is 0. The van der Waals surface area contributed by atoms with Gasteiger partial charge in [-0.05, 0) is 22.8 Å². The predicted molar refractivity (Wildman–Crippen MR) is 101 cm³/mol. The lowest BCUT2D eigenvalue weighted by Crippen LogP contribution is -2.15. The molecule has 3 rings (SSSR count). The van der Waals surface area contributed by atoms with Crippen molar-refractivity contribution in [2.45, 2.75) is 33.2 Å². The van der Waals surface area contributed by atoms with Gasteiger partial charge < -0.3 is 4.84 Å². The minimum absolute atomic E-state index is 0.275. The Balaban J connectivity index is 1.86. The third-order valence-electron chi connectivity index (χ3n) is 4.33. The van der Waals surface area contributed by atoms with Crippen LogP contribution >= 0.6 is 0 Å². The van der Waals surface area contributed by atoms with Crippen LogP contribution in [0, 0.1) is 5.92 Å². The Morgan fingerprint density at radius 1 is 1.23 bits per heavy atom. The van der Waals surface area contributed by atoms with Gasteiger partial charge in [-0.2, -0.15) is 5.10 Å². The molecule has 1 unspecified atom stereocenters. The fourth-order valence-electron chi connectivity index (χ4n) is 2.58. The molecule has 0 saturated heterocycles. The summed E-state index contributed by atoms with van der Waals surface area (Å²) in [6, 6.07) is 14.1. The summed E-state index contributed by atoms with van der Waals surface area (Å²) < 4.78 is 1.65. The monoisotopic (exact) mass is 350 g/mol. The van der Waals surface area contributed by atoms with Gasteiger partial charge in [0.05, 0.1) is 13.0 Å². The van der Waals surface area contributed by atoms with Crippen LogP contribution in [-0.4, -0.2) is 26.4 Å². The normalized spacial score (nSPS) is 12.9. The van der Waals surface area contributed by atoms with Gasteiger partial charge in [-0.3, -0.25) is 0 Å². The van der Waals surface area contributed by atoms with Crippen molar-refractivity contribution in [3.05, 3.63) is 60.7 Å². The first kappa shape index (κ1) is 17.8. The molecule has 6 heteroatoms. The lowest BCUT2D eigenvalue weighted by Gasteiger charge is -2.09. The van der Waals surface area contributed by atoms with Gasteiger partial charge >= 0.3 is 5.97 Å². The van der Waals surface area contributed by atoms with Crippen LogP contribution in [-0.2, 0) is 16.2 Å². The molecule has 2 aromatic carbocycles. The zero-order valence-electron chi connectivity index (χ0n) is 15.0. The fourth-order valence-corrected chi connectivity index (χ4v) is 2.58. The Hall–Kier alpha value is -3.02. The number of carbonyl (C=O) groups excluding carboxylic acids is 1. The van der Waals surface area contributed by atoms with Crippen molar-refractivity contribution in [2.24, 2.45) is 11.1 Å². The molecule has 1 atom stereocenters. The molecule has 1 aromatic heterocycles. The molecule has 3 aromatic rings. The van der Waals surface area contributed by atoms with Gasteiger partial charge in [0.2, 0.25) is 0 Å². The number of rotatable bonds is 7. The van der Waals surface area contributed by atoms with Crippen LogP contribution in [0.25, 0.3) is 10.8 Å². The maximum Gasteiger partial charge on any atom is 0.335 e. The summed E-state index contributed by atoms with van der Waals surface area (Å²) in [5.41, 5.74) is 1.51. The first-order chi connectivity index (χ1) is 12.7. The average molecular weight is 350 g/mol. The summed E-state index contributed by atoms with van der Waals surface area (Å²) in [6.45, 7) is 4.44. The van der Waals surface area contributed by atoms with Gasteiger partial charge in [0.25, 0.3) is 0 Å². The highest BCUT2D eigenvalue weighted by Crippen LogP contribution is 2.17. The van der Waals surface area contributed by atoms with Gasteiger partial charge in [0.1, 0.15) is 18.4 Å². The van der Waals surface area contributed by atoms with Crippen LogP contribution < -0.4 is 0 Å². The average Bonchev–Trinajstić information content (AvgIpc) is 3.17. The van der Waals surface area contributed by atoms with E-state index in [0.29, 0.717) is 18.7 Å². The van der Waals surface area contributed by atoms with Crippen molar-refractivity contribution in [3.63, 3.8) is 0 Å². The van der Waals surface area contributed by atoms with Crippen molar-refractivity contribution >= 4 is 22.5 Å². The molecule has 0 radical (unpaired) electrons. The summed E-state index contributed by atoms with van der Waals surface area (Å²) in [5.74, 6) is -0.0478. The maximum atomic E-state index is 12.0. The van der Waals surface area contributed by atoms with Crippen molar-refractivity contribution in [3.8, 4) is 0 Å². The van der Waals surface area contributed by atoms with Crippen LogP contribution in [0.4, 0.5) is 0 Å². The fraction of sp³-hybridized carbons (Fsp3) is 0.300. The molecule has 134 valence electrons. The highest BCUT2D eigenvalue weighted by Gasteiger charge is 2.12. The van der Waals surface area contributed by atoms with Crippen LogP contribution in [0.3, 0.4) is 0 Å². The number of hydrogen-bond acceptors (Lipinski definition) is 5. The van der Waals surface area contributed by atoms with E-state index in [1.165, 1.54) is 6.33 Å². The molecular formula is C20H22N4O2. The van der Waals surface area contributed by atoms with E-state index in [1.54, 1.807) is 11.0 Å². The third kappa shape index (κ3) is 4.53. The number of hydrogen-bond donors (Lipinski definition) is 0. The van der Waals surface area contributed by atoms with Gasteiger partial charge in [0, 0.05) is 5.56 Å². The zero-order chi connectivity index (χ0) is 18.4. The van der Waals surface area contributed by atoms with Crippen molar-refractivity contribution in [2.75, 3.05) is 0 Å². The van der Waals surface area contributed by atoms with E-state index < -0.39 is 0 Å². The second-order valence-corrected chi connectivity index (χ2v) is 6.37. The van der Waals surface area contributed by atoms with E-state index in [2.05, 4.69) is 21.3 Å². The van der Waals surface area contributed by atoms with Gasteiger partial charge in [-0.15, -0.1) is 0 Å². The topological polar surface area (TPSA) is 69.4 Å². The number of fused-ring (bicyclic) bond motifs is 1. The first-order valence-corrected chi connectivity index (χ1v) is 8.74. The van der Waals surface area contributed by atoms with E-state index in [4.69, 9.17) is 4.84 Å². The molecule has 0 aliphatic rings. The predicted octanol–water partition coefficient (Wildman–Crippen LogP) is 3.82. The Morgan fingerprint density at radius 3 is 2.77 bits per heavy atom. The quantitative estimate of drug-likeness (QED) is 0.369. The molecule has 0 N–H and O–H groups in total. The second-order valence-electron chi connectivity index (χ2n) is 6.37. The molecule has 26 heavy (non-hydrogen) atoms. The maximum absolute atomic E-state index is 12.0. The molecular weight excluding hydrogens is 328 g/mol. The molecule has 0 fully saturated rings. The van der Waals surface area contributed by atoms with Crippen molar-refractivity contribution in [1.29, 1.82) is 0 Å². The molecule has 0 amide bonds. The highest BCUT2D eigenvalue weighted by molar-refractivity contribution is 6.03. The highest BCUT2D eigenvalue weighted by atomic mass is 16.7. The van der Waals surface area contributed by atoms with E-state index >= 15 is 0 Å². The second kappa shape index (κ2) is 8.38. The van der Waals surface area contributed by atoms with E-state index in [-0.39, 0.29) is 11.9 Å². The van der Waals surface area contributed by atoms with Gasteiger partial charge in [-0.25, -0.2) is 14.5 Å². The standard InChI is InChI=1S/C20H22N4O2/c1-3-15(2)10-20(25)26-23-19(12-24-14-21-13-22-24)18-9-8-16-6-4-5-7-17(16)11-18/h4-9,11,13-15H,3,10,12H2,1-2H3/b23-19+. The zero-order valence-corrected chi connectivity index (χ0v) is 15.0. The summed E-state index contributed by atoms with van der Waals surface area (Å²) in [5, 5.41) is 10.5. The van der Waals surface area contributed by atoms with Gasteiger partial charge in [-0.1, -0.05) is 61.8 Å². The third-order valence-corrected chi connectivity index (χ3v) is 4.33. The van der Waals surface area contributed by atoms with Crippen LogP contribution in [0.15, 0.2) is 60.3 Å². The smallest absolute Gasteiger partial charge is 0.318 e. The molecule has 0 aliphatic heterocycles. The van der Waals surface area contributed by atoms with E-state index in [0.717, 1.165) is 22.8 Å². The largest absolute Gasteiger partial charge is 0.335 e. The molecule has 1 heterocycles. The minimum Gasteiger partial charge on any atom is -0.318 e. The number of aromatic nitrogens is 3. The van der Waals surface area contributed by atoms with Crippen LogP contribution in [0.5, 0.6) is 0 Å². The molecule has 0 bridgehead atoms. The Bertz CT molecular complexity index is 903. The number of benzene rings is 2. The Labute approximate surface area is 152 Å². The molecule has 0 aliphatic carbocycles. The molecule has 6 nitrogen and oxygen atoms in total. The van der Waals surface area contributed by atoms with Crippen LogP contribution in [0.1, 0.15) is 32.3 Å². The number of nitrogens with zero attached hydrogens (tertiary/aromatic N) is 4. The minimum atomic E-state index is -0.323. The van der Waals surface area contributed by atoms with Crippen LogP contribution in [0.2, 0.25) is 0 Å². The number of oxime groups is 1. The number of carbonyl (C=O) groups is 1.